The molecule has 3 rings (SSSR count). The second-order valence-electron chi connectivity index (χ2n) is 6.39. The number of carbonyl (C=O) groups excluding carboxylic acids is 1. The highest BCUT2D eigenvalue weighted by molar-refractivity contribution is 7.89. The number of rotatable bonds is 5. The fourth-order valence-electron chi connectivity index (χ4n) is 3.06. The van der Waals surface area contributed by atoms with Gasteiger partial charge in [-0.15, -0.1) is 0 Å². The lowest BCUT2D eigenvalue weighted by molar-refractivity contribution is -0.131. The minimum Gasteiger partial charge on any atom is -0.348 e. The third kappa shape index (κ3) is 4.10. The van der Waals surface area contributed by atoms with Crippen LogP contribution < -0.4 is 4.72 Å². The van der Waals surface area contributed by atoms with Gasteiger partial charge in [-0.3, -0.25) is 4.79 Å². The molecule has 2 heterocycles. The van der Waals surface area contributed by atoms with E-state index in [-0.39, 0.29) is 28.8 Å². The number of aryl methyl sites for hydroxylation is 1. The van der Waals surface area contributed by atoms with E-state index in [0.717, 1.165) is 24.7 Å². The van der Waals surface area contributed by atoms with E-state index < -0.39 is 15.8 Å². The summed E-state index contributed by atoms with van der Waals surface area (Å²) < 4.78 is 40.2. The molecule has 1 amide bonds. The SMILES string of the molecule is Cc1cc(S(=O)(=O)NCC(=O)N2CCC[C@H](c3ncc[nH]3)C2)ccc1F. The van der Waals surface area contributed by atoms with Gasteiger partial charge in [0, 0.05) is 31.4 Å². The third-order valence-corrected chi connectivity index (χ3v) is 5.93. The van der Waals surface area contributed by atoms with Gasteiger partial charge in [0.05, 0.1) is 11.4 Å². The number of amides is 1. The van der Waals surface area contributed by atoms with E-state index in [1.807, 2.05) is 0 Å². The van der Waals surface area contributed by atoms with E-state index in [0.29, 0.717) is 13.1 Å². The van der Waals surface area contributed by atoms with Crippen LogP contribution in [0.15, 0.2) is 35.5 Å². The van der Waals surface area contributed by atoms with Gasteiger partial charge in [0.2, 0.25) is 15.9 Å². The molecular weight excluding hydrogens is 359 g/mol. The van der Waals surface area contributed by atoms with Crippen molar-refractivity contribution in [3.05, 3.63) is 47.8 Å². The van der Waals surface area contributed by atoms with Crippen molar-refractivity contribution in [2.45, 2.75) is 30.6 Å². The van der Waals surface area contributed by atoms with Crippen LogP contribution in [-0.2, 0) is 14.8 Å². The highest BCUT2D eigenvalue weighted by atomic mass is 32.2. The summed E-state index contributed by atoms with van der Waals surface area (Å²) in [5.74, 6) is 0.199. The summed E-state index contributed by atoms with van der Waals surface area (Å²) in [5.41, 5.74) is 0.233. The zero-order valence-corrected chi connectivity index (χ0v) is 15.2. The molecule has 1 aromatic carbocycles. The molecule has 1 saturated heterocycles. The van der Waals surface area contributed by atoms with Crippen LogP contribution in [0.25, 0.3) is 0 Å². The molecule has 0 bridgehead atoms. The van der Waals surface area contributed by atoms with E-state index in [1.54, 1.807) is 17.3 Å². The van der Waals surface area contributed by atoms with Crippen molar-refractivity contribution in [1.29, 1.82) is 0 Å². The number of likely N-dealkylation sites (tertiary alicyclic amines) is 1. The van der Waals surface area contributed by atoms with Crippen LogP contribution in [0.2, 0.25) is 0 Å². The Hall–Kier alpha value is -2.26. The molecule has 9 heteroatoms. The third-order valence-electron chi connectivity index (χ3n) is 4.53. The first-order chi connectivity index (χ1) is 12.4. The molecule has 0 unspecified atom stereocenters. The maximum absolute atomic E-state index is 13.3. The van der Waals surface area contributed by atoms with Gasteiger partial charge in [-0.05, 0) is 43.5 Å². The second-order valence-corrected chi connectivity index (χ2v) is 8.16. The van der Waals surface area contributed by atoms with Gasteiger partial charge in [-0.1, -0.05) is 0 Å². The Balaban J connectivity index is 1.61. The van der Waals surface area contributed by atoms with E-state index in [2.05, 4.69) is 14.7 Å². The Morgan fingerprint density at radius 2 is 2.27 bits per heavy atom. The molecule has 1 aromatic heterocycles. The van der Waals surface area contributed by atoms with Gasteiger partial charge >= 0.3 is 0 Å². The molecule has 2 aromatic rings. The van der Waals surface area contributed by atoms with Crippen molar-refractivity contribution >= 4 is 15.9 Å². The van der Waals surface area contributed by atoms with Gasteiger partial charge in [0.1, 0.15) is 11.6 Å². The molecule has 2 N–H and O–H groups in total. The molecular formula is C17H21FN4O3S. The standard InChI is InChI=1S/C17H21FN4O3S/c1-12-9-14(4-5-15(12)18)26(24,25)21-10-16(23)22-8-2-3-13(11-22)17-19-6-7-20-17/h4-7,9,13,21H,2-3,8,10-11H2,1H3,(H,19,20)/t13-/m0/s1. The molecule has 7 nitrogen and oxygen atoms in total. The zero-order valence-electron chi connectivity index (χ0n) is 14.4. The van der Waals surface area contributed by atoms with Crippen LogP contribution in [0.3, 0.4) is 0 Å². The Labute approximate surface area is 151 Å². The smallest absolute Gasteiger partial charge is 0.241 e. The number of aromatic nitrogens is 2. The monoisotopic (exact) mass is 380 g/mol. The van der Waals surface area contributed by atoms with Crippen molar-refractivity contribution in [3.8, 4) is 0 Å². The highest BCUT2D eigenvalue weighted by Gasteiger charge is 2.27. The van der Waals surface area contributed by atoms with Crippen molar-refractivity contribution in [2.24, 2.45) is 0 Å². The van der Waals surface area contributed by atoms with Crippen LogP contribution in [-0.4, -0.2) is 48.8 Å². The van der Waals surface area contributed by atoms with E-state index >= 15 is 0 Å². The fourth-order valence-corrected chi connectivity index (χ4v) is 4.12. The van der Waals surface area contributed by atoms with Crippen LogP contribution in [0.1, 0.15) is 30.1 Å². The summed E-state index contributed by atoms with van der Waals surface area (Å²) in [6, 6.07) is 3.53. The maximum atomic E-state index is 13.3. The van der Waals surface area contributed by atoms with E-state index in [4.69, 9.17) is 0 Å². The summed E-state index contributed by atoms with van der Waals surface area (Å²) in [6.07, 6.45) is 5.18. The Kier molecular flexibility index (Phi) is 5.38. The van der Waals surface area contributed by atoms with Gasteiger partial charge in [-0.2, -0.15) is 0 Å². The van der Waals surface area contributed by atoms with E-state index in [9.17, 15) is 17.6 Å². The summed E-state index contributed by atoms with van der Waals surface area (Å²) in [6.45, 7) is 2.25. The van der Waals surface area contributed by atoms with Crippen LogP contribution >= 0.6 is 0 Å². The number of nitrogens with zero attached hydrogens (tertiary/aromatic N) is 2. The number of imidazole rings is 1. The molecule has 0 spiro atoms. The number of aromatic amines is 1. The van der Waals surface area contributed by atoms with Crippen LogP contribution in [0.5, 0.6) is 0 Å². The summed E-state index contributed by atoms with van der Waals surface area (Å²) >= 11 is 0. The first-order valence-corrected chi connectivity index (χ1v) is 9.88. The molecule has 1 atom stereocenters. The molecule has 0 saturated carbocycles. The summed E-state index contributed by atoms with van der Waals surface area (Å²) in [5, 5.41) is 0. The van der Waals surface area contributed by atoms with Crippen molar-refractivity contribution in [2.75, 3.05) is 19.6 Å². The number of piperidine rings is 1. The lowest BCUT2D eigenvalue weighted by atomic mass is 9.97. The fraction of sp³-hybridized carbons (Fsp3) is 0.412. The second kappa shape index (κ2) is 7.55. The number of H-pyrrole nitrogens is 1. The summed E-state index contributed by atoms with van der Waals surface area (Å²) in [4.78, 5) is 21.3. The molecule has 26 heavy (non-hydrogen) atoms. The number of halogens is 1. The van der Waals surface area contributed by atoms with Crippen molar-refractivity contribution < 1.29 is 17.6 Å². The summed E-state index contributed by atoms with van der Waals surface area (Å²) in [7, 11) is -3.87. The van der Waals surface area contributed by atoms with Gasteiger partial charge < -0.3 is 9.88 Å². The largest absolute Gasteiger partial charge is 0.348 e. The Bertz CT molecular complexity index is 883. The molecule has 0 aliphatic carbocycles. The lowest BCUT2D eigenvalue weighted by Crippen LogP contribution is -2.44. The molecule has 1 fully saturated rings. The highest BCUT2D eigenvalue weighted by Crippen LogP contribution is 2.24. The zero-order chi connectivity index (χ0) is 18.7. The van der Waals surface area contributed by atoms with Gasteiger partial charge in [0.25, 0.3) is 0 Å². The molecule has 0 radical (unpaired) electrons. The topological polar surface area (TPSA) is 95.2 Å². The molecule has 140 valence electrons. The van der Waals surface area contributed by atoms with Crippen molar-refractivity contribution in [1.82, 2.24) is 19.6 Å². The Morgan fingerprint density at radius 3 is 2.96 bits per heavy atom. The van der Waals surface area contributed by atoms with Gasteiger partial charge in [0.15, 0.2) is 0 Å². The number of hydrogen-bond donors (Lipinski definition) is 2. The number of carbonyl (C=O) groups is 1. The first-order valence-electron chi connectivity index (χ1n) is 8.39. The van der Waals surface area contributed by atoms with Gasteiger partial charge in [-0.25, -0.2) is 22.5 Å². The Morgan fingerprint density at radius 1 is 1.46 bits per heavy atom. The average Bonchev–Trinajstić information content (AvgIpc) is 3.17. The average molecular weight is 380 g/mol. The van der Waals surface area contributed by atoms with Crippen LogP contribution in [0.4, 0.5) is 4.39 Å². The maximum Gasteiger partial charge on any atom is 0.241 e. The predicted octanol–water partition coefficient (Wildman–Crippen LogP) is 1.54. The van der Waals surface area contributed by atoms with E-state index in [1.165, 1.54) is 19.1 Å². The number of benzene rings is 1. The number of sulfonamides is 1. The minimum atomic E-state index is -3.87. The lowest BCUT2D eigenvalue weighted by Gasteiger charge is -2.32. The van der Waals surface area contributed by atoms with Crippen LogP contribution in [0, 0.1) is 12.7 Å². The molecule has 1 aliphatic rings. The van der Waals surface area contributed by atoms with Crippen molar-refractivity contribution in [3.63, 3.8) is 0 Å². The molecule has 1 aliphatic heterocycles. The normalized spacial score (nSPS) is 18.1. The first kappa shape index (κ1) is 18.5. The number of hydrogen-bond acceptors (Lipinski definition) is 4. The predicted molar refractivity (Wildman–Crippen MR) is 93.5 cm³/mol. The quantitative estimate of drug-likeness (QED) is 0.823. The number of nitrogens with one attached hydrogen (secondary N) is 2. The minimum absolute atomic E-state index is 0.0590.